The van der Waals surface area contributed by atoms with E-state index in [-0.39, 0.29) is 6.04 Å². The van der Waals surface area contributed by atoms with Gasteiger partial charge in [-0.05, 0) is 23.3 Å². The van der Waals surface area contributed by atoms with Crippen LogP contribution in [0, 0.1) is 0 Å². The maximum absolute atomic E-state index is 6.09. The molecule has 2 N–H and O–H groups in total. The van der Waals surface area contributed by atoms with Crippen molar-refractivity contribution < 1.29 is 0 Å². The van der Waals surface area contributed by atoms with Crippen molar-refractivity contribution in [1.29, 1.82) is 0 Å². The van der Waals surface area contributed by atoms with E-state index in [1.165, 1.54) is 0 Å². The molecule has 3 nitrogen and oxygen atoms in total. The summed E-state index contributed by atoms with van der Waals surface area (Å²) in [4.78, 5) is 0. The molecule has 2 aromatic rings. The van der Waals surface area contributed by atoms with E-state index in [1.54, 1.807) is 24.5 Å². The van der Waals surface area contributed by atoms with Crippen LogP contribution in [0.4, 0.5) is 0 Å². The third kappa shape index (κ3) is 2.16. The number of aromatic nitrogens is 2. The van der Waals surface area contributed by atoms with Crippen LogP contribution in [0.5, 0.6) is 0 Å². The van der Waals surface area contributed by atoms with Crippen molar-refractivity contribution >= 4 is 23.2 Å². The second-order valence-corrected chi connectivity index (χ2v) is 4.08. The lowest BCUT2D eigenvalue weighted by molar-refractivity contribution is 0.846. The second kappa shape index (κ2) is 4.78. The van der Waals surface area contributed by atoms with Crippen LogP contribution in [0.1, 0.15) is 17.2 Å². The first-order chi connectivity index (χ1) is 7.70. The predicted octanol–water partition coefficient (Wildman–Crippen LogP) is 2.83. The van der Waals surface area contributed by atoms with Gasteiger partial charge in [0.2, 0.25) is 0 Å². The summed E-state index contributed by atoms with van der Waals surface area (Å²) < 4.78 is 0. The van der Waals surface area contributed by atoms with E-state index in [2.05, 4.69) is 10.2 Å². The first-order valence-corrected chi connectivity index (χ1v) is 5.42. The summed E-state index contributed by atoms with van der Waals surface area (Å²) in [6.45, 7) is 0. The molecule has 1 atom stereocenters. The standard InChI is InChI=1S/C11H9Cl2N3/c12-9-3-1-2-8(10(9)13)11(14)7-4-5-15-16-6-7/h1-6,11H,14H2. The van der Waals surface area contributed by atoms with Crippen LogP contribution < -0.4 is 5.73 Å². The molecule has 1 unspecified atom stereocenters. The Bertz CT molecular complexity index is 488. The number of rotatable bonds is 2. The van der Waals surface area contributed by atoms with Crippen LogP contribution in [0.15, 0.2) is 36.7 Å². The van der Waals surface area contributed by atoms with E-state index in [1.807, 2.05) is 12.1 Å². The number of halogens is 2. The minimum absolute atomic E-state index is 0.346. The van der Waals surface area contributed by atoms with E-state index in [9.17, 15) is 0 Å². The smallest absolute Gasteiger partial charge is 0.0643 e. The average molecular weight is 254 g/mol. The van der Waals surface area contributed by atoms with Gasteiger partial charge in [0.25, 0.3) is 0 Å². The molecule has 16 heavy (non-hydrogen) atoms. The van der Waals surface area contributed by atoms with Gasteiger partial charge in [-0.1, -0.05) is 35.3 Å². The molecule has 0 fully saturated rings. The molecular formula is C11H9Cl2N3. The Morgan fingerprint density at radius 1 is 1.12 bits per heavy atom. The molecule has 0 saturated carbocycles. The Kier molecular flexibility index (Phi) is 3.39. The Labute approximate surface area is 103 Å². The highest BCUT2D eigenvalue weighted by atomic mass is 35.5. The van der Waals surface area contributed by atoms with E-state index < -0.39 is 0 Å². The van der Waals surface area contributed by atoms with Crippen LogP contribution >= 0.6 is 23.2 Å². The summed E-state index contributed by atoms with van der Waals surface area (Å²) in [5.41, 5.74) is 7.70. The topological polar surface area (TPSA) is 51.8 Å². The van der Waals surface area contributed by atoms with Crippen molar-refractivity contribution in [1.82, 2.24) is 10.2 Å². The average Bonchev–Trinajstić information content (AvgIpc) is 2.33. The minimum Gasteiger partial charge on any atom is -0.320 e. The van der Waals surface area contributed by atoms with Crippen LogP contribution in [-0.4, -0.2) is 10.2 Å². The highest BCUT2D eigenvalue weighted by Crippen LogP contribution is 2.31. The van der Waals surface area contributed by atoms with Crippen molar-refractivity contribution in [2.75, 3.05) is 0 Å². The minimum atomic E-state index is -0.346. The van der Waals surface area contributed by atoms with Crippen molar-refractivity contribution in [2.24, 2.45) is 5.73 Å². The lowest BCUT2D eigenvalue weighted by Gasteiger charge is -2.13. The monoisotopic (exact) mass is 253 g/mol. The Hall–Kier alpha value is -1.16. The molecule has 0 amide bonds. The normalized spacial score (nSPS) is 12.4. The molecule has 0 aliphatic rings. The summed E-state index contributed by atoms with van der Waals surface area (Å²) in [5.74, 6) is 0. The largest absolute Gasteiger partial charge is 0.320 e. The molecule has 1 heterocycles. The zero-order valence-corrected chi connectivity index (χ0v) is 9.78. The zero-order chi connectivity index (χ0) is 11.5. The van der Waals surface area contributed by atoms with E-state index >= 15 is 0 Å². The number of nitrogens with two attached hydrogens (primary N) is 1. The molecule has 1 aromatic heterocycles. The zero-order valence-electron chi connectivity index (χ0n) is 8.27. The summed E-state index contributed by atoms with van der Waals surface area (Å²) >= 11 is 12.0. The number of hydrogen-bond acceptors (Lipinski definition) is 3. The molecule has 0 aliphatic heterocycles. The summed E-state index contributed by atoms with van der Waals surface area (Å²) in [5, 5.41) is 8.45. The molecule has 2 rings (SSSR count). The van der Waals surface area contributed by atoms with Gasteiger partial charge in [0, 0.05) is 6.20 Å². The van der Waals surface area contributed by atoms with Gasteiger partial charge in [-0.25, -0.2) is 0 Å². The van der Waals surface area contributed by atoms with Crippen LogP contribution in [0.25, 0.3) is 0 Å². The second-order valence-electron chi connectivity index (χ2n) is 3.30. The summed E-state index contributed by atoms with van der Waals surface area (Å²) in [6.07, 6.45) is 3.20. The maximum atomic E-state index is 6.09. The summed E-state index contributed by atoms with van der Waals surface area (Å²) in [7, 11) is 0. The first-order valence-electron chi connectivity index (χ1n) is 4.66. The van der Waals surface area contributed by atoms with Crippen molar-refractivity contribution in [3.8, 4) is 0 Å². The molecule has 5 heteroatoms. The van der Waals surface area contributed by atoms with Crippen molar-refractivity contribution in [2.45, 2.75) is 6.04 Å². The van der Waals surface area contributed by atoms with E-state index in [0.717, 1.165) is 11.1 Å². The number of hydrogen-bond donors (Lipinski definition) is 1. The van der Waals surface area contributed by atoms with E-state index in [4.69, 9.17) is 28.9 Å². The van der Waals surface area contributed by atoms with Gasteiger partial charge in [0.05, 0.1) is 22.3 Å². The molecular weight excluding hydrogens is 245 g/mol. The van der Waals surface area contributed by atoms with Gasteiger partial charge in [-0.3, -0.25) is 0 Å². The van der Waals surface area contributed by atoms with Crippen molar-refractivity contribution in [3.63, 3.8) is 0 Å². The van der Waals surface area contributed by atoms with Crippen molar-refractivity contribution in [3.05, 3.63) is 57.8 Å². The molecule has 0 aliphatic carbocycles. The van der Waals surface area contributed by atoms with Gasteiger partial charge in [-0.2, -0.15) is 10.2 Å². The molecule has 1 aromatic carbocycles. The molecule has 0 saturated heterocycles. The van der Waals surface area contributed by atoms with E-state index in [0.29, 0.717) is 10.0 Å². The number of benzene rings is 1. The fourth-order valence-corrected chi connectivity index (χ4v) is 1.85. The third-order valence-electron chi connectivity index (χ3n) is 2.28. The first kappa shape index (κ1) is 11.3. The number of nitrogens with zero attached hydrogens (tertiary/aromatic N) is 2. The van der Waals surface area contributed by atoms with Gasteiger partial charge in [0.15, 0.2) is 0 Å². The third-order valence-corrected chi connectivity index (χ3v) is 3.12. The van der Waals surface area contributed by atoms with Gasteiger partial charge in [0.1, 0.15) is 0 Å². The Balaban J connectivity index is 2.42. The predicted molar refractivity (Wildman–Crippen MR) is 64.5 cm³/mol. The molecule has 0 bridgehead atoms. The highest BCUT2D eigenvalue weighted by molar-refractivity contribution is 6.42. The SMILES string of the molecule is NC(c1ccnnc1)c1cccc(Cl)c1Cl. The summed E-state index contributed by atoms with van der Waals surface area (Å²) in [6, 6.07) is 6.85. The molecule has 0 spiro atoms. The quantitative estimate of drug-likeness (QED) is 0.896. The maximum Gasteiger partial charge on any atom is 0.0643 e. The van der Waals surface area contributed by atoms with Crippen LogP contribution in [0.3, 0.4) is 0 Å². The van der Waals surface area contributed by atoms with Gasteiger partial charge < -0.3 is 5.73 Å². The Morgan fingerprint density at radius 2 is 1.94 bits per heavy atom. The van der Waals surface area contributed by atoms with Crippen LogP contribution in [0.2, 0.25) is 10.0 Å². The fourth-order valence-electron chi connectivity index (χ4n) is 1.43. The molecule has 82 valence electrons. The highest BCUT2D eigenvalue weighted by Gasteiger charge is 2.14. The van der Waals surface area contributed by atoms with Gasteiger partial charge >= 0.3 is 0 Å². The molecule has 0 radical (unpaired) electrons. The van der Waals surface area contributed by atoms with Crippen LogP contribution in [-0.2, 0) is 0 Å². The van der Waals surface area contributed by atoms with Gasteiger partial charge in [-0.15, -0.1) is 0 Å². The fraction of sp³-hybridized carbons (Fsp3) is 0.0909. The lowest BCUT2D eigenvalue weighted by Crippen LogP contribution is -2.12. The Morgan fingerprint density at radius 3 is 2.62 bits per heavy atom. The lowest BCUT2D eigenvalue weighted by atomic mass is 10.0.